The summed E-state index contributed by atoms with van der Waals surface area (Å²) in [7, 11) is 0. The Morgan fingerprint density at radius 3 is 2.50 bits per heavy atom. The van der Waals surface area contributed by atoms with E-state index in [1.54, 1.807) is 11.3 Å². The van der Waals surface area contributed by atoms with E-state index < -0.39 is 0 Å². The Hall–Kier alpha value is -0.450. The van der Waals surface area contributed by atoms with E-state index in [0.717, 1.165) is 15.6 Å². The number of thiazole rings is 1. The first-order chi connectivity index (χ1) is 4.77. The molecule has 56 valence electrons. The first kappa shape index (κ1) is 7.65. The Labute approximate surface area is 64.1 Å². The predicted molar refractivity (Wildman–Crippen MR) is 42.6 cm³/mol. The van der Waals surface area contributed by atoms with Crippen molar-refractivity contribution in [2.75, 3.05) is 0 Å². The maximum Gasteiger partial charge on any atom is 0.0901 e. The number of aryl methyl sites for hydroxylation is 1. The molecule has 1 aromatic heterocycles. The molecule has 0 atom stereocenters. The number of hydrogen-bond donors (Lipinski definition) is 2. The normalized spacial score (nSPS) is 10.3. The molecule has 0 spiro atoms. The van der Waals surface area contributed by atoms with Crippen molar-refractivity contribution in [2.24, 2.45) is 11.5 Å². The highest BCUT2D eigenvalue weighted by Gasteiger charge is 2.03. The number of nitrogens with zero attached hydrogens (tertiary/aromatic N) is 1. The summed E-state index contributed by atoms with van der Waals surface area (Å²) in [5, 5.41) is 1.04. The van der Waals surface area contributed by atoms with Crippen molar-refractivity contribution in [3.05, 3.63) is 15.6 Å². The van der Waals surface area contributed by atoms with E-state index in [9.17, 15) is 0 Å². The average Bonchev–Trinajstić information content (AvgIpc) is 2.30. The SMILES string of the molecule is Cc1nc(CN)c(CN)s1. The summed E-state index contributed by atoms with van der Waals surface area (Å²) >= 11 is 1.62. The lowest BCUT2D eigenvalue weighted by Gasteiger charge is -1.91. The van der Waals surface area contributed by atoms with Crippen LogP contribution in [0.1, 0.15) is 15.6 Å². The van der Waals surface area contributed by atoms with Crippen LogP contribution < -0.4 is 11.5 Å². The van der Waals surface area contributed by atoms with Gasteiger partial charge in [0.1, 0.15) is 0 Å². The van der Waals surface area contributed by atoms with Crippen LogP contribution in [-0.4, -0.2) is 4.98 Å². The van der Waals surface area contributed by atoms with Gasteiger partial charge in [0, 0.05) is 18.0 Å². The molecule has 0 aliphatic heterocycles. The van der Waals surface area contributed by atoms with Crippen LogP contribution in [0, 0.1) is 6.92 Å². The van der Waals surface area contributed by atoms with E-state index in [-0.39, 0.29) is 0 Å². The minimum Gasteiger partial charge on any atom is -0.326 e. The lowest BCUT2D eigenvalue weighted by molar-refractivity contribution is 0.950. The summed E-state index contributed by atoms with van der Waals surface area (Å²) in [5.41, 5.74) is 11.8. The predicted octanol–water partition coefficient (Wildman–Crippen LogP) is 0.369. The Morgan fingerprint density at radius 1 is 1.40 bits per heavy atom. The van der Waals surface area contributed by atoms with Crippen molar-refractivity contribution < 1.29 is 0 Å². The zero-order chi connectivity index (χ0) is 7.56. The Balaban J connectivity index is 2.96. The molecule has 4 heteroatoms. The standard InChI is InChI=1S/C6H11N3S/c1-4-9-5(2-7)6(3-8)10-4/h2-3,7-8H2,1H3. The lowest BCUT2D eigenvalue weighted by atomic mass is 10.3. The van der Waals surface area contributed by atoms with Crippen LogP contribution in [-0.2, 0) is 13.1 Å². The Bertz CT molecular complexity index is 197. The molecule has 4 N–H and O–H groups in total. The molecule has 1 heterocycles. The highest BCUT2D eigenvalue weighted by Crippen LogP contribution is 2.16. The largest absolute Gasteiger partial charge is 0.326 e. The molecule has 1 rings (SSSR count). The average molecular weight is 157 g/mol. The fraction of sp³-hybridized carbons (Fsp3) is 0.500. The van der Waals surface area contributed by atoms with Gasteiger partial charge in [-0.3, -0.25) is 0 Å². The van der Waals surface area contributed by atoms with Gasteiger partial charge in [0.2, 0.25) is 0 Å². The zero-order valence-electron chi connectivity index (χ0n) is 5.92. The smallest absolute Gasteiger partial charge is 0.0901 e. The quantitative estimate of drug-likeness (QED) is 0.652. The van der Waals surface area contributed by atoms with Crippen molar-refractivity contribution in [3.63, 3.8) is 0 Å². The van der Waals surface area contributed by atoms with Crippen LogP contribution in [0.4, 0.5) is 0 Å². The molecule has 10 heavy (non-hydrogen) atoms. The van der Waals surface area contributed by atoms with Gasteiger partial charge in [-0.1, -0.05) is 0 Å². The molecule has 0 unspecified atom stereocenters. The van der Waals surface area contributed by atoms with Gasteiger partial charge in [-0.05, 0) is 6.92 Å². The molecule has 0 bridgehead atoms. The number of aromatic nitrogens is 1. The van der Waals surface area contributed by atoms with E-state index in [2.05, 4.69) is 4.98 Å². The third-order valence-electron chi connectivity index (χ3n) is 1.26. The van der Waals surface area contributed by atoms with E-state index in [1.165, 1.54) is 0 Å². The summed E-state index contributed by atoms with van der Waals surface area (Å²) in [6.07, 6.45) is 0. The summed E-state index contributed by atoms with van der Waals surface area (Å²) in [4.78, 5) is 5.32. The minimum absolute atomic E-state index is 0.497. The van der Waals surface area contributed by atoms with Crippen LogP contribution in [0.2, 0.25) is 0 Å². The molecule has 0 amide bonds. The summed E-state index contributed by atoms with van der Waals surface area (Å²) in [5.74, 6) is 0. The summed E-state index contributed by atoms with van der Waals surface area (Å²) in [6, 6.07) is 0. The fourth-order valence-electron chi connectivity index (χ4n) is 0.831. The lowest BCUT2D eigenvalue weighted by Crippen LogP contribution is -2.03. The molecular weight excluding hydrogens is 146 g/mol. The molecule has 0 saturated heterocycles. The van der Waals surface area contributed by atoms with E-state index in [1.807, 2.05) is 6.92 Å². The molecule has 0 aliphatic rings. The maximum atomic E-state index is 5.45. The van der Waals surface area contributed by atoms with Crippen LogP contribution in [0.25, 0.3) is 0 Å². The van der Waals surface area contributed by atoms with Crippen LogP contribution in [0.5, 0.6) is 0 Å². The first-order valence-corrected chi connectivity index (χ1v) is 3.95. The maximum absolute atomic E-state index is 5.45. The molecule has 3 nitrogen and oxygen atoms in total. The van der Waals surface area contributed by atoms with Crippen molar-refractivity contribution in [3.8, 4) is 0 Å². The molecule has 0 aliphatic carbocycles. The van der Waals surface area contributed by atoms with E-state index >= 15 is 0 Å². The van der Waals surface area contributed by atoms with Crippen LogP contribution in [0.3, 0.4) is 0 Å². The third kappa shape index (κ3) is 1.34. The van der Waals surface area contributed by atoms with Crippen molar-refractivity contribution in [1.29, 1.82) is 0 Å². The zero-order valence-corrected chi connectivity index (χ0v) is 6.74. The van der Waals surface area contributed by atoms with Crippen LogP contribution in [0.15, 0.2) is 0 Å². The molecular formula is C6H11N3S. The van der Waals surface area contributed by atoms with Gasteiger partial charge >= 0.3 is 0 Å². The Kier molecular flexibility index (Phi) is 2.37. The van der Waals surface area contributed by atoms with Gasteiger partial charge in [0.25, 0.3) is 0 Å². The summed E-state index contributed by atoms with van der Waals surface area (Å²) < 4.78 is 0. The third-order valence-corrected chi connectivity index (χ3v) is 2.30. The van der Waals surface area contributed by atoms with Gasteiger partial charge < -0.3 is 11.5 Å². The molecule has 0 aromatic carbocycles. The van der Waals surface area contributed by atoms with Crippen molar-refractivity contribution >= 4 is 11.3 Å². The fourth-order valence-corrected chi connectivity index (χ4v) is 1.67. The molecule has 0 fully saturated rings. The van der Waals surface area contributed by atoms with Gasteiger partial charge in [-0.2, -0.15) is 0 Å². The number of nitrogens with two attached hydrogens (primary N) is 2. The molecule has 0 saturated carbocycles. The van der Waals surface area contributed by atoms with Crippen molar-refractivity contribution in [1.82, 2.24) is 4.98 Å². The minimum atomic E-state index is 0.497. The first-order valence-electron chi connectivity index (χ1n) is 3.13. The van der Waals surface area contributed by atoms with Crippen molar-refractivity contribution in [2.45, 2.75) is 20.0 Å². The van der Waals surface area contributed by atoms with Gasteiger partial charge in [0.05, 0.1) is 10.7 Å². The van der Waals surface area contributed by atoms with Crippen LogP contribution >= 0.6 is 11.3 Å². The summed E-state index contributed by atoms with van der Waals surface area (Å²) in [6.45, 7) is 3.01. The second-order valence-electron chi connectivity index (χ2n) is 2.01. The molecule has 0 radical (unpaired) electrons. The van der Waals surface area contributed by atoms with E-state index in [4.69, 9.17) is 11.5 Å². The number of hydrogen-bond acceptors (Lipinski definition) is 4. The monoisotopic (exact) mass is 157 g/mol. The molecule has 1 aromatic rings. The van der Waals surface area contributed by atoms with Gasteiger partial charge in [-0.25, -0.2) is 4.98 Å². The second kappa shape index (κ2) is 3.09. The van der Waals surface area contributed by atoms with E-state index in [0.29, 0.717) is 13.1 Å². The Morgan fingerprint density at radius 2 is 2.10 bits per heavy atom. The number of rotatable bonds is 2. The topological polar surface area (TPSA) is 64.9 Å². The highest BCUT2D eigenvalue weighted by atomic mass is 32.1. The van der Waals surface area contributed by atoms with Gasteiger partial charge in [0.15, 0.2) is 0 Å². The highest BCUT2D eigenvalue weighted by molar-refractivity contribution is 7.11. The van der Waals surface area contributed by atoms with Gasteiger partial charge in [-0.15, -0.1) is 11.3 Å². The second-order valence-corrected chi connectivity index (χ2v) is 3.30.